The number of fused-ring (bicyclic) bond motifs is 1. The molecule has 0 bridgehead atoms. The Morgan fingerprint density at radius 1 is 1.32 bits per heavy atom. The van der Waals surface area contributed by atoms with E-state index >= 15 is 0 Å². The predicted octanol–water partition coefficient (Wildman–Crippen LogP) is 3.79. The molecule has 1 aromatic carbocycles. The topological polar surface area (TPSA) is 36.4 Å². The van der Waals surface area contributed by atoms with Gasteiger partial charge in [0.1, 0.15) is 5.52 Å². The summed E-state index contributed by atoms with van der Waals surface area (Å²) in [6, 6.07) is 5.88. The minimum absolute atomic E-state index is 0.286. The Labute approximate surface area is 139 Å². The van der Waals surface area contributed by atoms with Gasteiger partial charge in [-0.05, 0) is 18.6 Å². The molecular formula is C16H20ClN3OS. The van der Waals surface area contributed by atoms with Gasteiger partial charge in [0, 0.05) is 32.6 Å². The summed E-state index contributed by atoms with van der Waals surface area (Å²) >= 11 is 7.86. The average Bonchev–Trinajstić information content (AvgIpc) is 2.98. The Morgan fingerprint density at radius 2 is 2.09 bits per heavy atom. The summed E-state index contributed by atoms with van der Waals surface area (Å²) in [6.45, 7) is 5.37. The number of carbonyl (C=O) groups is 1. The van der Waals surface area contributed by atoms with E-state index in [9.17, 15) is 4.79 Å². The molecule has 1 saturated heterocycles. The number of rotatable bonds is 4. The van der Waals surface area contributed by atoms with Crippen LogP contribution in [-0.4, -0.2) is 42.0 Å². The molecule has 6 heteroatoms. The number of aromatic nitrogens is 1. The smallest absolute Gasteiger partial charge is 0.222 e. The number of hydrogen-bond donors (Lipinski definition) is 0. The molecule has 0 atom stereocenters. The maximum Gasteiger partial charge on any atom is 0.222 e. The minimum Gasteiger partial charge on any atom is -0.345 e. The molecule has 1 aliphatic rings. The van der Waals surface area contributed by atoms with Gasteiger partial charge in [0.15, 0.2) is 5.13 Å². The zero-order chi connectivity index (χ0) is 15.5. The van der Waals surface area contributed by atoms with Crippen LogP contribution in [-0.2, 0) is 4.79 Å². The Kier molecular flexibility index (Phi) is 4.84. The number of unbranched alkanes of at least 4 members (excludes halogenated alkanes) is 1. The Hall–Kier alpha value is -1.33. The highest BCUT2D eigenvalue weighted by Crippen LogP contribution is 2.33. The molecule has 1 amide bonds. The van der Waals surface area contributed by atoms with Crippen molar-refractivity contribution in [3.8, 4) is 0 Å². The van der Waals surface area contributed by atoms with Crippen LogP contribution in [0.2, 0.25) is 5.02 Å². The van der Waals surface area contributed by atoms with Crippen molar-refractivity contribution in [1.82, 2.24) is 9.88 Å². The normalized spacial score (nSPS) is 15.5. The molecule has 0 spiro atoms. The van der Waals surface area contributed by atoms with Crippen LogP contribution in [0.1, 0.15) is 26.2 Å². The molecule has 3 rings (SSSR count). The highest BCUT2D eigenvalue weighted by atomic mass is 35.5. The molecule has 0 unspecified atom stereocenters. The second-order valence-electron chi connectivity index (χ2n) is 5.55. The van der Waals surface area contributed by atoms with Crippen molar-refractivity contribution in [2.45, 2.75) is 26.2 Å². The van der Waals surface area contributed by atoms with Crippen molar-refractivity contribution in [3.05, 3.63) is 23.2 Å². The largest absolute Gasteiger partial charge is 0.345 e. The monoisotopic (exact) mass is 337 g/mol. The first kappa shape index (κ1) is 15.6. The maximum atomic E-state index is 12.1. The van der Waals surface area contributed by atoms with Gasteiger partial charge in [-0.2, -0.15) is 0 Å². The Balaban J connectivity index is 1.65. The second kappa shape index (κ2) is 6.84. The Bertz CT molecular complexity index is 664. The van der Waals surface area contributed by atoms with E-state index in [-0.39, 0.29) is 5.91 Å². The summed E-state index contributed by atoms with van der Waals surface area (Å²) in [5.41, 5.74) is 0.880. The summed E-state index contributed by atoms with van der Waals surface area (Å²) in [4.78, 5) is 21.0. The van der Waals surface area contributed by atoms with E-state index < -0.39 is 0 Å². The van der Waals surface area contributed by atoms with Gasteiger partial charge in [-0.25, -0.2) is 4.98 Å². The molecule has 2 heterocycles. The third kappa shape index (κ3) is 3.20. The molecule has 1 aliphatic heterocycles. The number of benzene rings is 1. The van der Waals surface area contributed by atoms with Gasteiger partial charge in [0.05, 0.1) is 9.72 Å². The predicted molar refractivity (Wildman–Crippen MR) is 92.9 cm³/mol. The molecular weight excluding hydrogens is 318 g/mol. The summed E-state index contributed by atoms with van der Waals surface area (Å²) < 4.78 is 1.11. The lowest BCUT2D eigenvalue weighted by molar-refractivity contribution is -0.131. The summed E-state index contributed by atoms with van der Waals surface area (Å²) in [5.74, 6) is 0.286. The van der Waals surface area contributed by atoms with Gasteiger partial charge >= 0.3 is 0 Å². The number of para-hydroxylation sites is 1. The summed E-state index contributed by atoms with van der Waals surface area (Å²) in [7, 11) is 0. The third-order valence-electron chi connectivity index (χ3n) is 4.01. The zero-order valence-corrected chi connectivity index (χ0v) is 14.3. The lowest BCUT2D eigenvalue weighted by atomic mass is 10.2. The van der Waals surface area contributed by atoms with Crippen LogP contribution in [0.15, 0.2) is 18.2 Å². The van der Waals surface area contributed by atoms with Crippen LogP contribution in [0.5, 0.6) is 0 Å². The third-order valence-corrected chi connectivity index (χ3v) is 5.39. The molecule has 2 aromatic rings. The number of nitrogens with zero attached hydrogens (tertiary/aromatic N) is 3. The van der Waals surface area contributed by atoms with Gasteiger partial charge in [-0.1, -0.05) is 42.3 Å². The fourth-order valence-corrected chi connectivity index (χ4v) is 3.99. The summed E-state index contributed by atoms with van der Waals surface area (Å²) in [6.07, 6.45) is 2.72. The van der Waals surface area contributed by atoms with Crippen molar-refractivity contribution in [3.63, 3.8) is 0 Å². The minimum atomic E-state index is 0.286. The van der Waals surface area contributed by atoms with E-state index in [1.165, 1.54) is 0 Å². The lowest BCUT2D eigenvalue weighted by Crippen LogP contribution is -2.48. The van der Waals surface area contributed by atoms with E-state index in [2.05, 4.69) is 16.8 Å². The standard InChI is InChI=1S/C16H20ClN3OS/c1-2-3-7-14(21)19-8-10-20(11-9-19)16-18-15-12(17)5-4-6-13(15)22-16/h4-6H,2-3,7-11H2,1H3. The summed E-state index contributed by atoms with van der Waals surface area (Å²) in [5, 5.41) is 1.71. The van der Waals surface area contributed by atoms with Gasteiger partial charge in [-0.3, -0.25) is 4.79 Å². The van der Waals surface area contributed by atoms with E-state index in [0.29, 0.717) is 11.4 Å². The molecule has 0 N–H and O–H groups in total. The van der Waals surface area contributed by atoms with Crippen molar-refractivity contribution in [1.29, 1.82) is 0 Å². The van der Waals surface area contributed by atoms with Crippen LogP contribution in [0.25, 0.3) is 10.2 Å². The van der Waals surface area contributed by atoms with Crippen molar-refractivity contribution in [2.75, 3.05) is 31.1 Å². The van der Waals surface area contributed by atoms with Crippen LogP contribution in [0.3, 0.4) is 0 Å². The van der Waals surface area contributed by atoms with Crippen molar-refractivity contribution < 1.29 is 4.79 Å². The molecule has 1 aromatic heterocycles. The molecule has 4 nitrogen and oxygen atoms in total. The van der Waals surface area contributed by atoms with Gasteiger partial charge in [-0.15, -0.1) is 0 Å². The van der Waals surface area contributed by atoms with Crippen LogP contribution in [0.4, 0.5) is 5.13 Å². The van der Waals surface area contributed by atoms with Crippen LogP contribution >= 0.6 is 22.9 Å². The molecule has 22 heavy (non-hydrogen) atoms. The fourth-order valence-electron chi connectivity index (χ4n) is 2.67. The SMILES string of the molecule is CCCCC(=O)N1CCN(c2nc3c(Cl)cccc3s2)CC1. The van der Waals surface area contributed by atoms with E-state index in [1.807, 2.05) is 23.1 Å². The number of piperazine rings is 1. The van der Waals surface area contributed by atoms with Gasteiger partial charge in [0.25, 0.3) is 0 Å². The van der Waals surface area contributed by atoms with E-state index in [1.54, 1.807) is 11.3 Å². The fraction of sp³-hybridized carbons (Fsp3) is 0.500. The lowest BCUT2D eigenvalue weighted by Gasteiger charge is -2.34. The number of carbonyl (C=O) groups excluding carboxylic acids is 1. The molecule has 0 radical (unpaired) electrons. The molecule has 0 saturated carbocycles. The average molecular weight is 338 g/mol. The highest BCUT2D eigenvalue weighted by molar-refractivity contribution is 7.22. The number of amides is 1. The number of anilines is 1. The van der Waals surface area contributed by atoms with E-state index in [0.717, 1.165) is 54.4 Å². The van der Waals surface area contributed by atoms with Crippen LogP contribution in [0, 0.1) is 0 Å². The van der Waals surface area contributed by atoms with Crippen LogP contribution < -0.4 is 4.90 Å². The Morgan fingerprint density at radius 3 is 2.77 bits per heavy atom. The second-order valence-corrected chi connectivity index (χ2v) is 6.97. The quantitative estimate of drug-likeness (QED) is 0.851. The number of halogens is 1. The van der Waals surface area contributed by atoms with Gasteiger partial charge in [0.2, 0.25) is 5.91 Å². The van der Waals surface area contributed by atoms with Gasteiger partial charge < -0.3 is 9.80 Å². The molecule has 0 aliphatic carbocycles. The van der Waals surface area contributed by atoms with Crippen molar-refractivity contribution in [2.24, 2.45) is 0 Å². The molecule has 1 fully saturated rings. The zero-order valence-electron chi connectivity index (χ0n) is 12.7. The number of hydrogen-bond acceptors (Lipinski definition) is 4. The maximum absolute atomic E-state index is 12.1. The first-order valence-electron chi connectivity index (χ1n) is 7.77. The van der Waals surface area contributed by atoms with E-state index in [4.69, 9.17) is 11.6 Å². The first-order valence-corrected chi connectivity index (χ1v) is 8.96. The molecule has 118 valence electrons. The van der Waals surface area contributed by atoms with Crippen molar-refractivity contribution >= 4 is 44.2 Å². The highest BCUT2D eigenvalue weighted by Gasteiger charge is 2.22. The first-order chi connectivity index (χ1) is 10.7. The number of thiazole rings is 1.